The van der Waals surface area contributed by atoms with Crippen LogP contribution in [0.5, 0.6) is 23.0 Å². The number of benzene rings is 2. The molecule has 0 saturated carbocycles. The van der Waals surface area contributed by atoms with Gasteiger partial charge in [0, 0.05) is 35.9 Å². The first-order valence-corrected chi connectivity index (χ1v) is 13.5. The highest BCUT2D eigenvalue weighted by atomic mass is 16.6. The fourth-order valence-corrected chi connectivity index (χ4v) is 5.38. The Kier molecular flexibility index (Phi) is 9.37. The van der Waals surface area contributed by atoms with Gasteiger partial charge in [0.15, 0.2) is 28.8 Å². The number of allylic oxidation sites excluding steroid dienone is 3. The Labute approximate surface area is 234 Å². The highest BCUT2D eigenvalue weighted by Crippen LogP contribution is 2.47. The van der Waals surface area contributed by atoms with Crippen molar-refractivity contribution < 1.29 is 38.4 Å². The van der Waals surface area contributed by atoms with E-state index in [0.717, 1.165) is 11.3 Å². The van der Waals surface area contributed by atoms with Crippen LogP contribution in [-0.2, 0) is 19.1 Å². The first kappa shape index (κ1) is 29.0. The zero-order valence-electron chi connectivity index (χ0n) is 23.7. The Balaban J connectivity index is 1.75. The van der Waals surface area contributed by atoms with Gasteiger partial charge in [0.1, 0.15) is 6.61 Å². The maximum absolute atomic E-state index is 13.9. The summed E-state index contributed by atoms with van der Waals surface area (Å²) in [6.07, 6.45) is 0.822. The van der Waals surface area contributed by atoms with Gasteiger partial charge in [-0.2, -0.15) is 0 Å². The summed E-state index contributed by atoms with van der Waals surface area (Å²) in [7, 11) is 3.17. The molecule has 2 aromatic carbocycles. The van der Waals surface area contributed by atoms with Gasteiger partial charge in [-0.25, -0.2) is 4.79 Å². The van der Waals surface area contributed by atoms with Gasteiger partial charge in [-0.3, -0.25) is 4.79 Å². The van der Waals surface area contributed by atoms with Crippen molar-refractivity contribution in [3.05, 3.63) is 70.1 Å². The largest absolute Gasteiger partial charge is 0.504 e. The molecule has 0 bridgehead atoms. The lowest BCUT2D eigenvalue weighted by molar-refractivity contribution is -0.140. The van der Waals surface area contributed by atoms with Crippen LogP contribution < -0.4 is 19.5 Å². The molecule has 0 spiro atoms. The number of methoxy groups -OCH3 is 2. The number of dihydropyridines is 1. The molecule has 4 rings (SSSR count). The van der Waals surface area contributed by atoms with Crippen molar-refractivity contribution in [2.75, 3.05) is 40.6 Å². The lowest BCUT2D eigenvalue weighted by Crippen LogP contribution is -2.36. The molecule has 40 heavy (non-hydrogen) atoms. The molecule has 0 fully saturated rings. The number of aromatic hydroxyl groups is 1. The van der Waals surface area contributed by atoms with Gasteiger partial charge in [-0.15, -0.1) is 0 Å². The van der Waals surface area contributed by atoms with Gasteiger partial charge in [-0.1, -0.05) is 12.1 Å². The zero-order valence-corrected chi connectivity index (χ0v) is 23.7. The van der Waals surface area contributed by atoms with Gasteiger partial charge < -0.3 is 34.1 Å². The standard InChI is InChI=1S/C31H37NO8/c1-6-38-12-13-40-31(35)28-18(3)32-22-14-21(19-9-11-25(36-4)27(16-19)37-5)15-24(34)30(22)29(28)20-8-10-23(33)26(17-20)39-7-2/h8-11,16-17,21,29,32-33H,6-7,12-15H2,1-5H3/t21-,29-/m0/s1. The predicted octanol–water partition coefficient (Wildman–Crippen LogP) is 4.75. The zero-order chi connectivity index (χ0) is 28.8. The van der Waals surface area contributed by atoms with Gasteiger partial charge in [0.2, 0.25) is 0 Å². The van der Waals surface area contributed by atoms with E-state index < -0.39 is 11.9 Å². The minimum atomic E-state index is -0.686. The van der Waals surface area contributed by atoms with Crippen LogP contribution in [0.25, 0.3) is 0 Å². The maximum Gasteiger partial charge on any atom is 0.336 e. The highest BCUT2D eigenvalue weighted by Gasteiger charge is 2.41. The normalized spacial score (nSPS) is 18.7. The molecular weight excluding hydrogens is 514 g/mol. The average molecular weight is 552 g/mol. The van der Waals surface area contributed by atoms with Crippen LogP contribution in [0.1, 0.15) is 56.6 Å². The third kappa shape index (κ3) is 5.94. The van der Waals surface area contributed by atoms with Crippen LogP contribution in [0, 0.1) is 0 Å². The number of hydrogen-bond acceptors (Lipinski definition) is 9. The van der Waals surface area contributed by atoms with E-state index in [4.69, 9.17) is 23.7 Å². The number of ketones is 1. The van der Waals surface area contributed by atoms with Crippen LogP contribution >= 0.6 is 0 Å². The van der Waals surface area contributed by atoms with E-state index in [1.807, 2.05) is 39.0 Å². The molecule has 2 atom stereocenters. The summed E-state index contributed by atoms with van der Waals surface area (Å²) < 4.78 is 27.4. The molecule has 9 heteroatoms. The Bertz CT molecular complexity index is 1330. The van der Waals surface area contributed by atoms with Gasteiger partial charge in [0.25, 0.3) is 0 Å². The van der Waals surface area contributed by atoms with Crippen LogP contribution in [0.15, 0.2) is 58.9 Å². The average Bonchev–Trinajstić information content (AvgIpc) is 2.95. The van der Waals surface area contributed by atoms with E-state index >= 15 is 0 Å². The summed E-state index contributed by atoms with van der Waals surface area (Å²) in [4.78, 5) is 27.3. The van der Waals surface area contributed by atoms with Crippen LogP contribution in [-0.4, -0.2) is 57.5 Å². The summed E-state index contributed by atoms with van der Waals surface area (Å²) in [5, 5.41) is 13.7. The molecule has 0 radical (unpaired) electrons. The van der Waals surface area contributed by atoms with E-state index in [1.54, 1.807) is 26.4 Å². The second-order valence-corrected chi connectivity index (χ2v) is 9.62. The minimum Gasteiger partial charge on any atom is -0.504 e. The number of carbonyl (C=O) groups is 2. The second-order valence-electron chi connectivity index (χ2n) is 9.62. The molecule has 2 N–H and O–H groups in total. The number of ether oxygens (including phenoxy) is 5. The summed E-state index contributed by atoms with van der Waals surface area (Å²) in [5.41, 5.74) is 3.85. The minimum absolute atomic E-state index is 0.0150. The molecule has 214 valence electrons. The lowest BCUT2D eigenvalue weighted by Gasteiger charge is -2.37. The topological polar surface area (TPSA) is 113 Å². The number of esters is 1. The van der Waals surface area contributed by atoms with E-state index in [0.29, 0.717) is 53.5 Å². The molecule has 0 amide bonds. The molecule has 2 aromatic rings. The smallest absolute Gasteiger partial charge is 0.336 e. The Morgan fingerprint density at radius 1 is 0.950 bits per heavy atom. The van der Waals surface area contributed by atoms with E-state index in [9.17, 15) is 14.7 Å². The number of carbonyl (C=O) groups excluding carboxylic acids is 2. The first-order chi connectivity index (χ1) is 19.3. The summed E-state index contributed by atoms with van der Waals surface area (Å²) >= 11 is 0. The number of phenols is 1. The summed E-state index contributed by atoms with van der Waals surface area (Å²) in [6, 6.07) is 10.6. The molecule has 0 saturated heterocycles. The van der Waals surface area contributed by atoms with Gasteiger partial charge in [-0.05, 0) is 68.5 Å². The second kappa shape index (κ2) is 12.9. The van der Waals surface area contributed by atoms with E-state index in [1.165, 1.54) is 6.07 Å². The van der Waals surface area contributed by atoms with Crippen molar-refractivity contribution in [2.24, 2.45) is 0 Å². The Hall–Kier alpha value is -3.98. The van der Waals surface area contributed by atoms with Gasteiger partial charge >= 0.3 is 5.97 Å². The molecule has 1 aliphatic heterocycles. The van der Waals surface area contributed by atoms with Crippen molar-refractivity contribution >= 4 is 11.8 Å². The molecule has 0 unspecified atom stereocenters. The third-order valence-electron chi connectivity index (χ3n) is 7.21. The van der Waals surface area contributed by atoms with Gasteiger partial charge in [0.05, 0.1) is 33.0 Å². The Morgan fingerprint density at radius 2 is 1.68 bits per heavy atom. The quantitative estimate of drug-likeness (QED) is 0.302. The van der Waals surface area contributed by atoms with Crippen molar-refractivity contribution in [3.8, 4) is 23.0 Å². The number of phenolic OH excluding ortho intramolecular Hbond substituents is 1. The van der Waals surface area contributed by atoms with E-state index in [2.05, 4.69) is 5.32 Å². The molecule has 2 aliphatic rings. The fraction of sp³-hybridized carbons (Fsp3) is 0.419. The predicted molar refractivity (Wildman–Crippen MR) is 149 cm³/mol. The van der Waals surface area contributed by atoms with E-state index in [-0.39, 0.29) is 42.8 Å². The SMILES string of the molecule is CCOCCOC(=O)C1=C(C)NC2=C(C(=O)C[C@@H](c3ccc(OC)c(OC)c3)C2)[C@H]1c1ccc(O)c(OCC)c1. The summed E-state index contributed by atoms with van der Waals surface area (Å²) in [6.45, 7) is 6.74. The number of Topliss-reactive ketones (excluding diaryl/α,β-unsaturated/α-hetero) is 1. The summed E-state index contributed by atoms with van der Waals surface area (Å²) in [5.74, 6) is 0.113. The number of rotatable bonds is 11. The third-order valence-corrected chi connectivity index (χ3v) is 7.21. The maximum atomic E-state index is 13.9. The molecule has 1 heterocycles. The van der Waals surface area contributed by atoms with Crippen molar-refractivity contribution in [1.82, 2.24) is 5.32 Å². The number of nitrogens with one attached hydrogen (secondary N) is 1. The molecule has 0 aromatic heterocycles. The van der Waals surface area contributed by atoms with Crippen molar-refractivity contribution in [1.29, 1.82) is 0 Å². The monoisotopic (exact) mass is 551 g/mol. The van der Waals surface area contributed by atoms with Crippen LogP contribution in [0.2, 0.25) is 0 Å². The lowest BCUT2D eigenvalue weighted by atomic mass is 9.71. The van der Waals surface area contributed by atoms with Crippen LogP contribution in [0.4, 0.5) is 0 Å². The number of hydrogen-bond donors (Lipinski definition) is 2. The van der Waals surface area contributed by atoms with Crippen LogP contribution in [0.3, 0.4) is 0 Å². The molecular formula is C31H37NO8. The fourth-order valence-electron chi connectivity index (χ4n) is 5.38. The molecule has 1 aliphatic carbocycles. The molecule has 9 nitrogen and oxygen atoms in total. The van der Waals surface area contributed by atoms with Crippen molar-refractivity contribution in [2.45, 2.75) is 45.4 Å². The van der Waals surface area contributed by atoms with Crippen molar-refractivity contribution in [3.63, 3.8) is 0 Å². The first-order valence-electron chi connectivity index (χ1n) is 13.5. The Morgan fingerprint density at radius 3 is 2.38 bits per heavy atom. The highest BCUT2D eigenvalue weighted by molar-refractivity contribution is 6.04.